The van der Waals surface area contributed by atoms with E-state index in [1.54, 1.807) is 0 Å². The van der Waals surface area contributed by atoms with Crippen molar-refractivity contribution in [1.82, 2.24) is 20.8 Å². The number of hydrogen-bond donors (Lipinski definition) is 2. The molecule has 0 radical (unpaired) electrons. The Hall–Kier alpha value is -2.35. The first-order valence-electron chi connectivity index (χ1n) is 6.59. The third kappa shape index (κ3) is 4.59. The largest absolute Gasteiger partial charge is 0.411 e. The number of hydrogen-bond acceptors (Lipinski definition) is 6. The van der Waals surface area contributed by atoms with Crippen LogP contribution < -0.4 is 10.6 Å². The van der Waals surface area contributed by atoms with Gasteiger partial charge in [-0.2, -0.15) is 0 Å². The van der Waals surface area contributed by atoms with Crippen molar-refractivity contribution in [3.05, 3.63) is 29.8 Å². The van der Waals surface area contributed by atoms with Gasteiger partial charge in [-0.25, -0.2) is 0 Å². The van der Waals surface area contributed by atoms with Crippen LogP contribution in [-0.4, -0.2) is 41.4 Å². The number of thioether (sulfide) groups is 1. The first-order chi connectivity index (χ1) is 10.6. The smallest absolute Gasteiger partial charge is 0.277 e. The van der Waals surface area contributed by atoms with Crippen molar-refractivity contribution in [1.29, 1.82) is 0 Å². The van der Waals surface area contributed by atoms with Gasteiger partial charge in [0.1, 0.15) is 0 Å². The van der Waals surface area contributed by atoms with E-state index in [-0.39, 0.29) is 24.1 Å². The van der Waals surface area contributed by atoms with Crippen molar-refractivity contribution in [3.63, 3.8) is 0 Å². The van der Waals surface area contributed by atoms with Crippen LogP contribution in [0.15, 0.2) is 33.9 Å². The van der Waals surface area contributed by atoms with Crippen molar-refractivity contribution < 1.29 is 14.0 Å². The number of amides is 2. The Morgan fingerprint density at radius 3 is 2.82 bits per heavy atom. The van der Waals surface area contributed by atoms with Gasteiger partial charge >= 0.3 is 0 Å². The Balaban J connectivity index is 1.87. The van der Waals surface area contributed by atoms with Crippen LogP contribution in [0.4, 0.5) is 0 Å². The Labute approximate surface area is 131 Å². The molecule has 0 saturated heterocycles. The Bertz CT molecular complexity index is 672. The van der Waals surface area contributed by atoms with Gasteiger partial charge in [-0.15, -0.1) is 10.2 Å². The molecule has 22 heavy (non-hydrogen) atoms. The molecule has 8 heteroatoms. The number of nitrogens with one attached hydrogen (secondary N) is 2. The predicted octanol–water partition coefficient (Wildman–Crippen LogP) is 0.999. The third-order valence-electron chi connectivity index (χ3n) is 2.72. The molecule has 116 valence electrons. The summed E-state index contributed by atoms with van der Waals surface area (Å²) in [7, 11) is 1.51. The van der Waals surface area contributed by atoms with Crippen molar-refractivity contribution in [2.24, 2.45) is 0 Å². The van der Waals surface area contributed by atoms with Gasteiger partial charge in [0.15, 0.2) is 0 Å². The molecule has 7 nitrogen and oxygen atoms in total. The van der Waals surface area contributed by atoms with Crippen LogP contribution in [0, 0.1) is 6.92 Å². The van der Waals surface area contributed by atoms with Crippen LogP contribution in [0.3, 0.4) is 0 Å². The van der Waals surface area contributed by atoms with E-state index < -0.39 is 0 Å². The van der Waals surface area contributed by atoms with E-state index in [9.17, 15) is 9.59 Å². The van der Waals surface area contributed by atoms with Crippen LogP contribution in [0.1, 0.15) is 5.56 Å². The summed E-state index contributed by atoms with van der Waals surface area (Å²) >= 11 is 1.12. The van der Waals surface area contributed by atoms with Gasteiger partial charge in [0.05, 0.1) is 12.3 Å². The minimum atomic E-state index is -0.274. The van der Waals surface area contributed by atoms with Gasteiger partial charge in [-0.05, 0) is 19.1 Å². The van der Waals surface area contributed by atoms with Gasteiger partial charge in [-0.3, -0.25) is 9.59 Å². The van der Waals surface area contributed by atoms with Gasteiger partial charge in [0.2, 0.25) is 17.7 Å². The van der Waals surface area contributed by atoms with Gasteiger partial charge in [0, 0.05) is 12.6 Å². The average Bonchev–Trinajstić information content (AvgIpc) is 2.99. The van der Waals surface area contributed by atoms with E-state index in [0.29, 0.717) is 11.1 Å². The number of aromatic nitrogens is 2. The van der Waals surface area contributed by atoms with Gasteiger partial charge in [0.25, 0.3) is 5.22 Å². The molecule has 0 aliphatic carbocycles. The molecule has 1 aromatic heterocycles. The first kappa shape index (κ1) is 16.0. The van der Waals surface area contributed by atoms with Crippen molar-refractivity contribution >= 4 is 23.6 Å². The van der Waals surface area contributed by atoms with Crippen LogP contribution in [0.25, 0.3) is 11.5 Å². The van der Waals surface area contributed by atoms with E-state index in [1.807, 2.05) is 31.2 Å². The molecular weight excluding hydrogens is 304 g/mol. The summed E-state index contributed by atoms with van der Waals surface area (Å²) in [5, 5.41) is 13.1. The average molecular weight is 320 g/mol. The molecule has 0 bridgehead atoms. The number of carbonyl (C=O) groups is 2. The molecule has 0 unspecified atom stereocenters. The van der Waals surface area contributed by atoms with E-state index >= 15 is 0 Å². The zero-order valence-electron chi connectivity index (χ0n) is 12.3. The molecule has 0 aliphatic rings. The molecule has 0 aliphatic heterocycles. The summed E-state index contributed by atoms with van der Waals surface area (Å²) in [6, 6.07) is 7.71. The molecule has 2 amide bonds. The zero-order chi connectivity index (χ0) is 15.9. The Kier molecular flexibility index (Phi) is 5.54. The van der Waals surface area contributed by atoms with Gasteiger partial charge in [-0.1, -0.05) is 29.5 Å². The maximum Gasteiger partial charge on any atom is 0.277 e. The highest BCUT2D eigenvalue weighted by molar-refractivity contribution is 7.99. The maximum absolute atomic E-state index is 11.6. The number of benzene rings is 1. The summed E-state index contributed by atoms with van der Waals surface area (Å²) in [5.41, 5.74) is 1.93. The highest BCUT2D eigenvalue weighted by atomic mass is 32.2. The molecule has 1 heterocycles. The molecule has 0 saturated carbocycles. The lowest BCUT2D eigenvalue weighted by atomic mass is 10.1. The van der Waals surface area contributed by atoms with E-state index in [0.717, 1.165) is 22.9 Å². The zero-order valence-corrected chi connectivity index (χ0v) is 13.1. The summed E-state index contributed by atoms with van der Waals surface area (Å²) in [4.78, 5) is 22.6. The van der Waals surface area contributed by atoms with Crippen molar-refractivity contribution in [3.8, 4) is 11.5 Å². The van der Waals surface area contributed by atoms with Crippen LogP contribution in [-0.2, 0) is 9.59 Å². The highest BCUT2D eigenvalue weighted by Crippen LogP contribution is 2.23. The van der Waals surface area contributed by atoms with Crippen molar-refractivity contribution in [2.75, 3.05) is 19.3 Å². The molecule has 2 N–H and O–H groups in total. The lowest BCUT2D eigenvalue weighted by molar-refractivity contribution is -0.124. The summed E-state index contributed by atoms with van der Waals surface area (Å²) in [6.07, 6.45) is 0. The fraction of sp³-hybridized carbons (Fsp3) is 0.286. The molecule has 1 aromatic carbocycles. The van der Waals surface area contributed by atoms with Gasteiger partial charge < -0.3 is 15.1 Å². The fourth-order valence-electron chi connectivity index (χ4n) is 1.61. The molecular formula is C14H16N4O3S. The molecule has 0 spiro atoms. The number of rotatable bonds is 6. The SMILES string of the molecule is CNC(=O)CNC(=O)CSc1nnc(-c2cccc(C)c2)o1. The number of carbonyl (C=O) groups excluding carboxylic acids is 2. The molecule has 2 rings (SSSR count). The summed E-state index contributed by atoms with van der Waals surface area (Å²) in [6.45, 7) is 1.93. The second kappa shape index (κ2) is 7.60. The Morgan fingerprint density at radius 2 is 2.09 bits per heavy atom. The number of aryl methyl sites for hydroxylation is 1. The number of nitrogens with zero attached hydrogens (tertiary/aromatic N) is 2. The lowest BCUT2D eigenvalue weighted by Gasteiger charge is -2.02. The second-order valence-electron chi connectivity index (χ2n) is 4.48. The normalized spacial score (nSPS) is 10.3. The quantitative estimate of drug-likeness (QED) is 0.771. The second-order valence-corrected chi connectivity index (χ2v) is 5.41. The fourth-order valence-corrected chi connectivity index (χ4v) is 2.20. The highest BCUT2D eigenvalue weighted by Gasteiger charge is 2.11. The topological polar surface area (TPSA) is 97.1 Å². The number of likely N-dealkylation sites (N-methyl/N-ethyl adjacent to an activating group) is 1. The summed E-state index contributed by atoms with van der Waals surface area (Å²) in [5.74, 6) is -0.00865. The summed E-state index contributed by atoms with van der Waals surface area (Å²) < 4.78 is 5.50. The minimum absolute atomic E-state index is 0.0474. The first-order valence-corrected chi connectivity index (χ1v) is 7.57. The molecule has 0 fully saturated rings. The predicted molar refractivity (Wildman–Crippen MR) is 82.3 cm³/mol. The van der Waals surface area contributed by atoms with Crippen molar-refractivity contribution in [2.45, 2.75) is 12.1 Å². The standard InChI is InChI=1S/C14H16N4O3S/c1-9-4-3-5-10(6-9)13-17-18-14(21-13)22-8-12(20)16-7-11(19)15-2/h3-6H,7-8H2,1-2H3,(H,15,19)(H,16,20). The van der Waals surface area contributed by atoms with E-state index in [2.05, 4.69) is 20.8 Å². The third-order valence-corrected chi connectivity index (χ3v) is 3.54. The van der Waals surface area contributed by atoms with Crippen LogP contribution in [0.5, 0.6) is 0 Å². The molecule has 2 aromatic rings. The monoisotopic (exact) mass is 320 g/mol. The minimum Gasteiger partial charge on any atom is -0.411 e. The van der Waals surface area contributed by atoms with E-state index in [4.69, 9.17) is 4.42 Å². The van der Waals surface area contributed by atoms with E-state index in [1.165, 1.54) is 7.05 Å². The maximum atomic E-state index is 11.6. The van der Waals surface area contributed by atoms with Crippen LogP contribution >= 0.6 is 11.8 Å². The van der Waals surface area contributed by atoms with Crippen LogP contribution in [0.2, 0.25) is 0 Å². The lowest BCUT2D eigenvalue weighted by Crippen LogP contribution is -2.35. The molecule has 0 atom stereocenters. The Morgan fingerprint density at radius 1 is 1.27 bits per heavy atom.